The lowest BCUT2D eigenvalue weighted by molar-refractivity contribution is -0.130. The molecule has 4 heteroatoms. The second-order valence-corrected chi connectivity index (χ2v) is 4.59. The van der Waals surface area contributed by atoms with Crippen molar-refractivity contribution >= 4 is 5.91 Å². The van der Waals surface area contributed by atoms with Crippen LogP contribution in [0.25, 0.3) is 0 Å². The first-order chi connectivity index (χ1) is 9.15. The number of nitrogens with zero attached hydrogens (tertiary/aromatic N) is 2. The highest BCUT2D eigenvalue weighted by atomic mass is 16.3. The molecule has 1 heterocycles. The summed E-state index contributed by atoms with van der Waals surface area (Å²) in [5, 5.41) is 0. The van der Waals surface area contributed by atoms with Crippen LogP contribution >= 0.6 is 0 Å². The van der Waals surface area contributed by atoms with E-state index in [-0.39, 0.29) is 5.91 Å². The molecular weight excluding hydrogens is 240 g/mol. The van der Waals surface area contributed by atoms with E-state index in [0.29, 0.717) is 25.3 Å². The van der Waals surface area contributed by atoms with E-state index in [1.807, 2.05) is 37.4 Å². The van der Waals surface area contributed by atoms with Crippen LogP contribution in [0, 0.1) is 6.92 Å². The number of benzene rings is 1. The number of rotatable bonds is 5. The molecule has 2 rings (SSSR count). The summed E-state index contributed by atoms with van der Waals surface area (Å²) >= 11 is 0. The van der Waals surface area contributed by atoms with Crippen LogP contribution in [0.2, 0.25) is 0 Å². The van der Waals surface area contributed by atoms with Crippen LogP contribution in [0.15, 0.2) is 41.0 Å². The summed E-state index contributed by atoms with van der Waals surface area (Å²) in [6, 6.07) is 9.96. The highest BCUT2D eigenvalue weighted by Crippen LogP contribution is 2.07. The highest BCUT2D eigenvalue weighted by molar-refractivity contribution is 5.76. The number of hydrogen-bond donors (Lipinski definition) is 0. The van der Waals surface area contributed by atoms with Crippen molar-refractivity contribution < 1.29 is 9.21 Å². The Morgan fingerprint density at radius 3 is 2.68 bits per heavy atom. The number of carbonyl (C=O) groups is 1. The molecule has 0 unspecified atom stereocenters. The summed E-state index contributed by atoms with van der Waals surface area (Å²) in [7, 11) is 1.82. The molecule has 19 heavy (non-hydrogen) atoms. The maximum Gasteiger partial charge on any atom is 0.223 e. The number of carbonyl (C=O) groups excluding carboxylic acids is 1. The third kappa shape index (κ3) is 3.95. The molecule has 0 spiro atoms. The third-order valence-corrected chi connectivity index (χ3v) is 2.95. The summed E-state index contributed by atoms with van der Waals surface area (Å²) < 4.78 is 5.12. The lowest BCUT2D eigenvalue weighted by Gasteiger charge is -2.16. The molecule has 0 saturated heterocycles. The maximum absolute atomic E-state index is 12.0. The minimum Gasteiger partial charge on any atom is -0.449 e. The Labute approximate surface area is 113 Å². The highest BCUT2D eigenvalue weighted by Gasteiger charge is 2.10. The molecule has 0 fully saturated rings. The van der Waals surface area contributed by atoms with Crippen LogP contribution in [-0.4, -0.2) is 22.8 Å². The Bertz CT molecular complexity index is 534. The van der Waals surface area contributed by atoms with Gasteiger partial charge in [-0.2, -0.15) is 0 Å². The zero-order valence-corrected chi connectivity index (χ0v) is 11.3. The summed E-state index contributed by atoms with van der Waals surface area (Å²) in [6.07, 6.45) is 2.68. The van der Waals surface area contributed by atoms with Gasteiger partial charge in [-0.3, -0.25) is 4.79 Å². The van der Waals surface area contributed by atoms with Crippen molar-refractivity contribution in [3.05, 3.63) is 53.7 Å². The first-order valence-corrected chi connectivity index (χ1v) is 6.34. The predicted molar refractivity (Wildman–Crippen MR) is 72.5 cm³/mol. The molecule has 0 bridgehead atoms. The Hall–Kier alpha value is -2.10. The van der Waals surface area contributed by atoms with Gasteiger partial charge in [-0.15, -0.1) is 0 Å². The average Bonchev–Trinajstić information content (AvgIpc) is 2.83. The van der Waals surface area contributed by atoms with Crippen molar-refractivity contribution in [2.75, 3.05) is 7.05 Å². The number of aryl methyl sites for hydroxylation is 2. The second kappa shape index (κ2) is 6.18. The van der Waals surface area contributed by atoms with Crippen molar-refractivity contribution in [3.63, 3.8) is 0 Å². The second-order valence-electron chi connectivity index (χ2n) is 4.59. The van der Waals surface area contributed by atoms with Gasteiger partial charge in [0.1, 0.15) is 6.26 Å². The predicted octanol–water partition coefficient (Wildman–Crippen LogP) is 2.57. The molecule has 0 aliphatic carbocycles. The van der Waals surface area contributed by atoms with E-state index in [2.05, 4.69) is 4.98 Å². The average molecular weight is 258 g/mol. The molecule has 0 saturated carbocycles. The summed E-state index contributed by atoms with van der Waals surface area (Å²) in [4.78, 5) is 17.9. The summed E-state index contributed by atoms with van der Waals surface area (Å²) in [6.45, 7) is 2.43. The molecule has 2 aromatic rings. The fraction of sp³-hybridized carbons (Fsp3) is 0.333. The molecule has 0 radical (unpaired) electrons. The van der Waals surface area contributed by atoms with E-state index in [1.165, 1.54) is 0 Å². The topological polar surface area (TPSA) is 46.3 Å². The van der Waals surface area contributed by atoms with Crippen LogP contribution < -0.4 is 0 Å². The van der Waals surface area contributed by atoms with E-state index in [4.69, 9.17) is 4.42 Å². The van der Waals surface area contributed by atoms with Crippen LogP contribution in [0.4, 0.5) is 0 Å². The first-order valence-electron chi connectivity index (χ1n) is 6.34. The smallest absolute Gasteiger partial charge is 0.223 e. The molecule has 0 atom stereocenters. The van der Waals surface area contributed by atoms with E-state index in [9.17, 15) is 4.79 Å². The quantitative estimate of drug-likeness (QED) is 0.828. The van der Waals surface area contributed by atoms with E-state index in [0.717, 1.165) is 11.3 Å². The van der Waals surface area contributed by atoms with Gasteiger partial charge in [-0.25, -0.2) is 4.98 Å². The molecule has 1 aromatic heterocycles. The van der Waals surface area contributed by atoms with Gasteiger partial charge in [0.25, 0.3) is 0 Å². The number of amides is 1. The van der Waals surface area contributed by atoms with Gasteiger partial charge in [0.15, 0.2) is 5.89 Å². The Kier molecular flexibility index (Phi) is 4.34. The Morgan fingerprint density at radius 1 is 1.32 bits per heavy atom. The molecule has 1 aromatic carbocycles. The van der Waals surface area contributed by atoms with E-state index in [1.54, 1.807) is 18.1 Å². The third-order valence-electron chi connectivity index (χ3n) is 2.95. The zero-order chi connectivity index (χ0) is 13.7. The van der Waals surface area contributed by atoms with Gasteiger partial charge in [-0.1, -0.05) is 30.3 Å². The SMILES string of the molecule is Cc1nc(CCC(=O)N(C)Cc2ccccc2)co1. The fourth-order valence-electron chi connectivity index (χ4n) is 1.89. The van der Waals surface area contributed by atoms with Gasteiger partial charge in [0, 0.05) is 33.4 Å². The standard InChI is InChI=1S/C15H18N2O2/c1-12-16-14(11-19-12)8-9-15(18)17(2)10-13-6-4-3-5-7-13/h3-7,11H,8-10H2,1-2H3. The largest absolute Gasteiger partial charge is 0.449 e. The van der Waals surface area contributed by atoms with E-state index < -0.39 is 0 Å². The molecule has 100 valence electrons. The van der Waals surface area contributed by atoms with Crippen molar-refractivity contribution in [1.82, 2.24) is 9.88 Å². The monoisotopic (exact) mass is 258 g/mol. The molecule has 0 aliphatic rings. The van der Waals surface area contributed by atoms with Crippen LogP contribution in [0.3, 0.4) is 0 Å². The lowest BCUT2D eigenvalue weighted by atomic mass is 10.2. The number of aromatic nitrogens is 1. The van der Waals surface area contributed by atoms with Gasteiger partial charge in [0.05, 0.1) is 5.69 Å². The Balaban J connectivity index is 1.82. The molecule has 4 nitrogen and oxygen atoms in total. The van der Waals surface area contributed by atoms with Crippen molar-refractivity contribution in [2.45, 2.75) is 26.3 Å². The minimum absolute atomic E-state index is 0.115. The molecule has 0 N–H and O–H groups in total. The minimum atomic E-state index is 0.115. The van der Waals surface area contributed by atoms with Crippen LogP contribution in [0.1, 0.15) is 23.6 Å². The van der Waals surface area contributed by atoms with Crippen molar-refractivity contribution in [1.29, 1.82) is 0 Å². The molecule has 1 amide bonds. The van der Waals surface area contributed by atoms with Gasteiger partial charge in [0.2, 0.25) is 5.91 Å². The number of oxazole rings is 1. The fourth-order valence-corrected chi connectivity index (χ4v) is 1.89. The summed E-state index contributed by atoms with van der Waals surface area (Å²) in [5.41, 5.74) is 1.97. The van der Waals surface area contributed by atoms with E-state index >= 15 is 0 Å². The number of hydrogen-bond acceptors (Lipinski definition) is 3. The van der Waals surface area contributed by atoms with Gasteiger partial charge < -0.3 is 9.32 Å². The summed E-state index contributed by atoms with van der Waals surface area (Å²) in [5.74, 6) is 0.754. The molecular formula is C15H18N2O2. The van der Waals surface area contributed by atoms with Crippen LogP contribution in [0.5, 0.6) is 0 Å². The van der Waals surface area contributed by atoms with Gasteiger partial charge in [-0.05, 0) is 5.56 Å². The maximum atomic E-state index is 12.0. The Morgan fingerprint density at radius 2 is 2.05 bits per heavy atom. The molecule has 0 aliphatic heterocycles. The van der Waals surface area contributed by atoms with Crippen LogP contribution in [-0.2, 0) is 17.8 Å². The normalized spacial score (nSPS) is 10.4. The zero-order valence-electron chi connectivity index (χ0n) is 11.3. The van der Waals surface area contributed by atoms with Gasteiger partial charge >= 0.3 is 0 Å². The van der Waals surface area contributed by atoms with Crippen molar-refractivity contribution in [3.8, 4) is 0 Å². The van der Waals surface area contributed by atoms with Crippen molar-refractivity contribution in [2.24, 2.45) is 0 Å². The lowest BCUT2D eigenvalue weighted by Crippen LogP contribution is -2.26. The first kappa shape index (κ1) is 13.3.